The van der Waals surface area contributed by atoms with E-state index in [2.05, 4.69) is 42.1 Å². The van der Waals surface area contributed by atoms with E-state index in [1.807, 2.05) is 0 Å². The van der Waals surface area contributed by atoms with Gasteiger partial charge in [0, 0.05) is 38.3 Å². The van der Waals surface area contributed by atoms with Crippen LogP contribution >= 0.6 is 0 Å². The summed E-state index contributed by atoms with van der Waals surface area (Å²) in [6, 6.07) is 2.20. The first-order chi connectivity index (χ1) is 8.69. The molecule has 0 amide bonds. The van der Waals surface area contributed by atoms with Gasteiger partial charge >= 0.3 is 0 Å². The zero-order valence-corrected chi connectivity index (χ0v) is 11.8. The lowest BCUT2D eigenvalue weighted by atomic mass is 10.2. The number of hydrogen-bond acceptors (Lipinski definition) is 4. The summed E-state index contributed by atoms with van der Waals surface area (Å²) in [6.07, 6.45) is 0. The molecule has 2 heterocycles. The van der Waals surface area contributed by atoms with E-state index < -0.39 is 0 Å². The molecule has 0 saturated carbocycles. The number of nitrogens with zero attached hydrogens (tertiary/aromatic N) is 2. The Hall–Kier alpha value is -0.840. The van der Waals surface area contributed by atoms with Crippen molar-refractivity contribution >= 4 is 0 Å². The summed E-state index contributed by atoms with van der Waals surface area (Å²) in [4.78, 5) is 4.89. The molecule has 1 fully saturated rings. The van der Waals surface area contributed by atoms with E-state index in [1.54, 1.807) is 0 Å². The molecule has 0 spiro atoms. The molecular weight excluding hydrogens is 226 g/mol. The van der Waals surface area contributed by atoms with Gasteiger partial charge in [0.05, 0.1) is 6.54 Å². The number of furan rings is 1. The van der Waals surface area contributed by atoms with Crippen LogP contribution in [-0.4, -0.2) is 49.6 Å². The van der Waals surface area contributed by atoms with Crippen molar-refractivity contribution in [2.24, 2.45) is 0 Å². The molecule has 0 bridgehead atoms. The van der Waals surface area contributed by atoms with Crippen LogP contribution in [0.2, 0.25) is 0 Å². The SMILES string of the molecule is CCNCc1cc(CN2CCN(C)CC2)c(C)o1. The Labute approximate surface area is 110 Å². The van der Waals surface area contributed by atoms with Crippen molar-refractivity contribution in [2.45, 2.75) is 26.9 Å². The average molecular weight is 251 g/mol. The number of hydrogen-bond donors (Lipinski definition) is 1. The smallest absolute Gasteiger partial charge is 0.118 e. The summed E-state index contributed by atoms with van der Waals surface area (Å²) in [5, 5.41) is 3.30. The fourth-order valence-electron chi connectivity index (χ4n) is 2.33. The topological polar surface area (TPSA) is 31.6 Å². The van der Waals surface area contributed by atoms with E-state index in [-0.39, 0.29) is 0 Å². The van der Waals surface area contributed by atoms with Gasteiger partial charge in [0.2, 0.25) is 0 Å². The first-order valence-electron chi connectivity index (χ1n) is 6.89. The second-order valence-electron chi connectivity index (χ2n) is 5.15. The Morgan fingerprint density at radius 3 is 2.67 bits per heavy atom. The second kappa shape index (κ2) is 6.36. The van der Waals surface area contributed by atoms with E-state index in [4.69, 9.17) is 4.42 Å². The van der Waals surface area contributed by atoms with E-state index in [0.29, 0.717) is 0 Å². The fraction of sp³-hybridized carbons (Fsp3) is 0.714. The lowest BCUT2D eigenvalue weighted by Crippen LogP contribution is -2.43. The standard InChI is InChI=1S/C14H25N3O/c1-4-15-10-14-9-13(12(2)18-14)11-17-7-5-16(3)6-8-17/h9,15H,4-8,10-11H2,1-3H3. The third kappa shape index (κ3) is 3.57. The minimum atomic E-state index is 0.833. The average Bonchev–Trinajstić information content (AvgIpc) is 2.70. The second-order valence-corrected chi connectivity index (χ2v) is 5.15. The lowest BCUT2D eigenvalue weighted by Gasteiger charge is -2.32. The predicted octanol–water partition coefficient (Wildman–Crippen LogP) is 1.44. The Kier molecular flexibility index (Phi) is 4.80. The van der Waals surface area contributed by atoms with Crippen LogP contribution in [0.3, 0.4) is 0 Å². The third-order valence-electron chi connectivity index (χ3n) is 3.61. The van der Waals surface area contributed by atoms with E-state index in [1.165, 1.54) is 18.7 Å². The van der Waals surface area contributed by atoms with Crippen LogP contribution in [-0.2, 0) is 13.1 Å². The normalized spacial score (nSPS) is 18.4. The molecule has 18 heavy (non-hydrogen) atoms. The maximum Gasteiger partial charge on any atom is 0.118 e. The molecule has 1 N–H and O–H groups in total. The minimum absolute atomic E-state index is 0.833. The molecule has 4 nitrogen and oxygen atoms in total. The van der Waals surface area contributed by atoms with Crippen LogP contribution in [0.4, 0.5) is 0 Å². The molecule has 1 aliphatic heterocycles. The van der Waals surface area contributed by atoms with Gasteiger partial charge in [-0.25, -0.2) is 0 Å². The predicted molar refractivity (Wildman–Crippen MR) is 73.6 cm³/mol. The molecule has 4 heteroatoms. The van der Waals surface area contributed by atoms with Crippen molar-refractivity contribution in [3.8, 4) is 0 Å². The van der Waals surface area contributed by atoms with Crippen LogP contribution < -0.4 is 5.32 Å². The molecule has 1 saturated heterocycles. The van der Waals surface area contributed by atoms with Crippen molar-refractivity contribution in [3.63, 3.8) is 0 Å². The monoisotopic (exact) mass is 251 g/mol. The van der Waals surface area contributed by atoms with Crippen molar-refractivity contribution in [2.75, 3.05) is 39.8 Å². The maximum absolute atomic E-state index is 5.78. The lowest BCUT2D eigenvalue weighted by molar-refractivity contribution is 0.147. The molecule has 0 unspecified atom stereocenters. The van der Waals surface area contributed by atoms with Gasteiger partial charge in [-0.2, -0.15) is 0 Å². The van der Waals surface area contributed by atoms with Crippen molar-refractivity contribution in [1.29, 1.82) is 0 Å². The number of likely N-dealkylation sites (N-methyl/N-ethyl adjacent to an activating group) is 1. The molecule has 102 valence electrons. The van der Waals surface area contributed by atoms with Crippen LogP contribution in [0.15, 0.2) is 10.5 Å². The van der Waals surface area contributed by atoms with Crippen molar-refractivity contribution in [3.05, 3.63) is 23.2 Å². The summed E-state index contributed by atoms with van der Waals surface area (Å²) in [7, 11) is 2.19. The van der Waals surface area contributed by atoms with E-state index >= 15 is 0 Å². The number of aryl methyl sites for hydroxylation is 1. The largest absolute Gasteiger partial charge is 0.465 e. The van der Waals surface area contributed by atoms with Gasteiger partial charge < -0.3 is 14.6 Å². The summed E-state index contributed by atoms with van der Waals surface area (Å²) in [5.41, 5.74) is 1.34. The van der Waals surface area contributed by atoms with Gasteiger partial charge in [0.1, 0.15) is 11.5 Å². The van der Waals surface area contributed by atoms with Crippen LogP contribution in [0.1, 0.15) is 24.0 Å². The molecule has 0 radical (unpaired) electrons. The molecular formula is C14H25N3O. The summed E-state index contributed by atoms with van der Waals surface area (Å²) < 4.78 is 5.78. The summed E-state index contributed by atoms with van der Waals surface area (Å²) in [6.45, 7) is 11.7. The fourth-order valence-corrected chi connectivity index (χ4v) is 2.33. The summed E-state index contributed by atoms with van der Waals surface area (Å²) in [5.74, 6) is 2.13. The molecule has 1 aromatic heterocycles. The van der Waals surface area contributed by atoms with Crippen LogP contribution in [0.5, 0.6) is 0 Å². The zero-order valence-electron chi connectivity index (χ0n) is 11.8. The summed E-state index contributed by atoms with van der Waals surface area (Å²) >= 11 is 0. The Balaban J connectivity index is 1.90. The molecule has 0 atom stereocenters. The van der Waals surface area contributed by atoms with Crippen molar-refractivity contribution < 1.29 is 4.42 Å². The molecule has 2 rings (SSSR count). The first kappa shape index (κ1) is 13.6. The molecule has 0 aliphatic carbocycles. The molecule has 0 aromatic carbocycles. The van der Waals surface area contributed by atoms with E-state index in [9.17, 15) is 0 Å². The van der Waals surface area contributed by atoms with Gasteiger partial charge in [0.15, 0.2) is 0 Å². The zero-order chi connectivity index (χ0) is 13.0. The number of rotatable bonds is 5. The molecule has 1 aliphatic rings. The Morgan fingerprint density at radius 1 is 1.28 bits per heavy atom. The Morgan fingerprint density at radius 2 is 2.00 bits per heavy atom. The highest BCUT2D eigenvalue weighted by molar-refractivity contribution is 5.20. The van der Waals surface area contributed by atoms with Crippen LogP contribution in [0.25, 0.3) is 0 Å². The third-order valence-corrected chi connectivity index (χ3v) is 3.61. The quantitative estimate of drug-likeness (QED) is 0.858. The minimum Gasteiger partial charge on any atom is -0.465 e. The van der Waals surface area contributed by atoms with Gasteiger partial charge in [-0.15, -0.1) is 0 Å². The maximum atomic E-state index is 5.78. The Bertz CT molecular complexity index is 367. The van der Waals surface area contributed by atoms with Gasteiger partial charge in [-0.1, -0.05) is 6.92 Å². The van der Waals surface area contributed by atoms with E-state index in [0.717, 1.165) is 44.2 Å². The number of piperazine rings is 1. The van der Waals surface area contributed by atoms with Gasteiger partial charge in [0.25, 0.3) is 0 Å². The van der Waals surface area contributed by atoms with Gasteiger partial charge in [-0.05, 0) is 26.6 Å². The highest BCUT2D eigenvalue weighted by Crippen LogP contribution is 2.17. The van der Waals surface area contributed by atoms with Gasteiger partial charge in [-0.3, -0.25) is 4.90 Å². The highest BCUT2D eigenvalue weighted by atomic mass is 16.3. The van der Waals surface area contributed by atoms with Crippen molar-refractivity contribution in [1.82, 2.24) is 15.1 Å². The molecule has 1 aromatic rings. The van der Waals surface area contributed by atoms with Crippen LogP contribution in [0, 0.1) is 6.92 Å². The number of nitrogens with one attached hydrogen (secondary N) is 1. The highest BCUT2D eigenvalue weighted by Gasteiger charge is 2.16. The first-order valence-corrected chi connectivity index (χ1v) is 6.89.